The molecule has 1 atom stereocenters. The Morgan fingerprint density at radius 1 is 1.44 bits per heavy atom. The van der Waals surface area contributed by atoms with Gasteiger partial charge in [0.15, 0.2) is 5.78 Å². The van der Waals surface area contributed by atoms with E-state index in [0.717, 1.165) is 4.90 Å². The van der Waals surface area contributed by atoms with E-state index in [0.29, 0.717) is 6.42 Å². The van der Waals surface area contributed by atoms with Gasteiger partial charge in [0.2, 0.25) is 0 Å². The monoisotopic (exact) mass is 226 g/mol. The highest BCUT2D eigenvalue weighted by Gasteiger charge is 2.46. The molecule has 0 aromatic carbocycles. The molecule has 3 amide bonds. The molecule has 1 rings (SSSR count). The Labute approximate surface area is 95.2 Å². The summed E-state index contributed by atoms with van der Waals surface area (Å²) in [4.78, 5) is 36.0. The Balaban J connectivity index is 2.80. The first-order chi connectivity index (χ1) is 7.31. The minimum atomic E-state index is -0.853. The summed E-state index contributed by atoms with van der Waals surface area (Å²) in [6, 6.07) is -0.469. The zero-order valence-corrected chi connectivity index (χ0v) is 10.2. The maximum atomic E-state index is 11.9. The topological polar surface area (TPSA) is 66.5 Å². The minimum Gasteiger partial charge on any atom is -0.323 e. The molecule has 0 aromatic heterocycles. The maximum absolute atomic E-state index is 11.9. The highest BCUT2D eigenvalue weighted by molar-refractivity contribution is 6.09. The lowest BCUT2D eigenvalue weighted by Crippen LogP contribution is -2.43. The first-order valence-electron chi connectivity index (χ1n) is 5.48. The molecule has 1 saturated heterocycles. The number of nitrogens with zero attached hydrogens (tertiary/aromatic N) is 1. The number of urea groups is 1. The summed E-state index contributed by atoms with van der Waals surface area (Å²) in [5.41, 5.74) is -0.853. The number of rotatable bonds is 4. The number of ketones is 1. The molecule has 5 heteroatoms. The molecule has 0 saturated carbocycles. The van der Waals surface area contributed by atoms with Crippen molar-refractivity contribution >= 4 is 17.7 Å². The van der Waals surface area contributed by atoms with Gasteiger partial charge >= 0.3 is 6.03 Å². The van der Waals surface area contributed by atoms with Crippen molar-refractivity contribution in [1.82, 2.24) is 10.2 Å². The molecule has 0 aromatic rings. The van der Waals surface area contributed by atoms with Crippen LogP contribution in [0.5, 0.6) is 0 Å². The van der Waals surface area contributed by atoms with Gasteiger partial charge in [0.1, 0.15) is 5.54 Å². The van der Waals surface area contributed by atoms with Crippen LogP contribution in [0.25, 0.3) is 0 Å². The van der Waals surface area contributed by atoms with Gasteiger partial charge in [-0.05, 0) is 13.3 Å². The predicted octanol–water partition coefficient (Wildman–Crippen LogP) is 0.932. The second-order valence-electron chi connectivity index (χ2n) is 4.63. The standard InChI is InChI=1S/C11H18N2O3/c1-5-11(4)9(15)13(10(16)12-11)6-8(14)7(2)3/h7H,5-6H2,1-4H3,(H,12,16). The summed E-state index contributed by atoms with van der Waals surface area (Å²) >= 11 is 0. The number of hydrogen-bond acceptors (Lipinski definition) is 3. The van der Waals surface area contributed by atoms with E-state index in [9.17, 15) is 14.4 Å². The number of amides is 3. The Morgan fingerprint density at radius 3 is 2.38 bits per heavy atom. The van der Waals surface area contributed by atoms with Crippen LogP contribution in [0.1, 0.15) is 34.1 Å². The van der Waals surface area contributed by atoms with Crippen LogP contribution in [-0.4, -0.2) is 34.7 Å². The molecular formula is C11H18N2O3. The normalized spacial score (nSPS) is 25.2. The fourth-order valence-corrected chi connectivity index (χ4v) is 1.47. The zero-order valence-electron chi connectivity index (χ0n) is 10.2. The molecule has 1 aliphatic heterocycles. The first kappa shape index (κ1) is 12.7. The first-order valence-corrected chi connectivity index (χ1v) is 5.48. The van der Waals surface area contributed by atoms with Crippen molar-refractivity contribution in [3.8, 4) is 0 Å². The summed E-state index contributed by atoms with van der Waals surface area (Å²) in [5, 5.41) is 2.61. The molecule has 90 valence electrons. The maximum Gasteiger partial charge on any atom is 0.325 e. The van der Waals surface area contributed by atoms with Crippen molar-refractivity contribution in [1.29, 1.82) is 0 Å². The SMILES string of the molecule is CCC1(C)NC(=O)N(CC(=O)C(C)C)C1=O. The minimum absolute atomic E-state index is 0.108. The third-order valence-electron chi connectivity index (χ3n) is 3.01. The quantitative estimate of drug-likeness (QED) is 0.725. The lowest BCUT2D eigenvalue weighted by Gasteiger charge is -2.19. The van der Waals surface area contributed by atoms with Crippen LogP contribution in [0.4, 0.5) is 4.79 Å². The van der Waals surface area contributed by atoms with Crippen LogP contribution in [0.2, 0.25) is 0 Å². The number of carbonyl (C=O) groups is 3. The number of hydrogen-bond donors (Lipinski definition) is 1. The molecule has 0 spiro atoms. The van der Waals surface area contributed by atoms with Crippen LogP contribution in [-0.2, 0) is 9.59 Å². The van der Waals surface area contributed by atoms with Gasteiger partial charge in [-0.3, -0.25) is 14.5 Å². The molecule has 1 N–H and O–H groups in total. The van der Waals surface area contributed by atoms with Gasteiger partial charge in [-0.25, -0.2) is 4.79 Å². The zero-order chi connectivity index (χ0) is 12.5. The summed E-state index contributed by atoms with van der Waals surface area (Å²) in [5.74, 6) is -0.591. The Hall–Kier alpha value is -1.39. The van der Waals surface area contributed by atoms with Gasteiger partial charge in [-0.2, -0.15) is 0 Å². The molecule has 1 heterocycles. The molecular weight excluding hydrogens is 208 g/mol. The summed E-state index contributed by atoms with van der Waals surface area (Å²) in [6.07, 6.45) is 0.518. The number of nitrogens with one attached hydrogen (secondary N) is 1. The number of Topliss-reactive ketones (excluding diaryl/α,β-unsaturated/α-hetero) is 1. The number of carbonyl (C=O) groups excluding carboxylic acids is 3. The van der Waals surface area contributed by atoms with E-state index >= 15 is 0 Å². The van der Waals surface area contributed by atoms with E-state index in [1.807, 2.05) is 6.92 Å². The van der Waals surface area contributed by atoms with Crippen molar-refractivity contribution in [3.63, 3.8) is 0 Å². The molecule has 0 bridgehead atoms. The van der Waals surface area contributed by atoms with E-state index in [-0.39, 0.29) is 24.2 Å². The van der Waals surface area contributed by atoms with E-state index in [1.165, 1.54) is 0 Å². The fourth-order valence-electron chi connectivity index (χ4n) is 1.47. The molecule has 5 nitrogen and oxygen atoms in total. The summed E-state index contributed by atoms with van der Waals surface area (Å²) in [6.45, 7) is 6.87. The molecule has 0 radical (unpaired) electrons. The molecule has 1 unspecified atom stereocenters. The smallest absolute Gasteiger partial charge is 0.323 e. The van der Waals surface area contributed by atoms with Crippen molar-refractivity contribution in [2.45, 2.75) is 39.7 Å². The van der Waals surface area contributed by atoms with Crippen LogP contribution >= 0.6 is 0 Å². The molecule has 1 fully saturated rings. The fraction of sp³-hybridized carbons (Fsp3) is 0.727. The van der Waals surface area contributed by atoms with E-state index < -0.39 is 11.6 Å². The molecule has 16 heavy (non-hydrogen) atoms. The van der Waals surface area contributed by atoms with Crippen LogP contribution < -0.4 is 5.32 Å². The van der Waals surface area contributed by atoms with Gasteiger partial charge < -0.3 is 5.32 Å². The third kappa shape index (κ3) is 2.08. The van der Waals surface area contributed by atoms with Gasteiger partial charge in [0.25, 0.3) is 5.91 Å². The van der Waals surface area contributed by atoms with Crippen molar-refractivity contribution < 1.29 is 14.4 Å². The summed E-state index contributed by atoms with van der Waals surface area (Å²) in [7, 11) is 0. The van der Waals surface area contributed by atoms with Crippen LogP contribution in [0, 0.1) is 5.92 Å². The lowest BCUT2D eigenvalue weighted by molar-refractivity contribution is -0.134. The average Bonchev–Trinajstić information content (AvgIpc) is 2.42. The molecule has 1 aliphatic rings. The largest absolute Gasteiger partial charge is 0.325 e. The van der Waals surface area contributed by atoms with Gasteiger partial charge in [0.05, 0.1) is 6.54 Å². The van der Waals surface area contributed by atoms with E-state index in [4.69, 9.17) is 0 Å². The highest BCUT2D eigenvalue weighted by atomic mass is 16.2. The second-order valence-corrected chi connectivity index (χ2v) is 4.63. The Morgan fingerprint density at radius 2 is 2.00 bits per heavy atom. The van der Waals surface area contributed by atoms with Crippen LogP contribution in [0.3, 0.4) is 0 Å². The van der Waals surface area contributed by atoms with Gasteiger partial charge in [0, 0.05) is 5.92 Å². The Bertz CT molecular complexity index is 338. The van der Waals surface area contributed by atoms with Crippen LogP contribution in [0.15, 0.2) is 0 Å². The summed E-state index contributed by atoms with van der Waals surface area (Å²) < 4.78 is 0. The van der Waals surface area contributed by atoms with Crippen molar-refractivity contribution in [2.24, 2.45) is 5.92 Å². The third-order valence-corrected chi connectivity index (χ3v) is 3.01. The van der Waals surface area contributed by atoms with Gasteiger partial charge in [-0.15, -0.1) is 0 Å². The number of imide groups is 1. The van der Waals surface area contributed by atoms with Crippen molar-refractivity contribution in [3.05, 3.63) is 0 Å². The second kappa shape index (κ2) is 4.23. The van der Waals surface area contributed by atoms with Crippen molar-refractivity contribution in [2.75, 3.05) is 6.54 Å². The lowest BCUT2D eigenvalue weighted by atomic mass is 9.99. The average molecular weight is 226 g/mol. The predicted molar refractivity (Wildman–Crippen MR) is 58.8 cm³/mol. The Kier molecular flexibility index (Phi) is 3.35. The van der Waals surface area contributed by atoms with E-state index in [2.05, 4.69) is 5.32 Å². The van der Waals surface area contributed by atoms with E-state index in [1.54, 1.807) is 20.8 Å². The highest BCUT2D eigenvalue weighted by Crippen LogP contribution is 2.20. The van der Waals surface area contributed by atoms with Gasteiger partial charge in [-0.1, -0.05) is 20.8 Å². The molecule has 0 aliphatic carbocycles.